The van der Waals surface area contributed by atoms with Crippen molar-refractivity contribution in [1.29, 1.82) is 0 Å². The highest BCUT2D eigenvalue weighted by molar-refractivity contribution is 5.68. The molecule has 0 saturated carbocycles. The van der Waals surface area contributed by atoms with Gasteiger partial charge in [0.05, 0.1) is 6.61 Å². The number of carbonyl (C=O) groups excluding carboxylic acids is 1. The highest BCUT2D eigenvalue weighted by Crippen LogP contribution is 2.28. The van der Waals surface area contributed by atoms with E-state index in [4.69, 9.17) is 14.2 Å². The summed E-state index contributed by atoms with van der Waals surface area (Å²) in [6.07, 6.45) is 0.862. The van der Waals surface area contributed by atoms with Gasteiger partial charge < -0.3 is 14.2 Å². The Morgan fingerprint density at radius 2 is 1.72 bits per heavy atom. The minimum absolute atomic E-state index is 0.194. The number of rotatable bonds is 10. The van der Waals surface area contributed by atoms with E-state index in [9.17, 15) is 4.79 Å². The van der Waals surface area contributed by atoms with Crippen molar-refractivity contribution >= 4 is 5.97 Å². The summed E-state index contributed by atoms with van der Waals surface area (Å²) in [6, 6.07) is 18.0. The first-order valence-corrected chi connectivity index (χ1v) is 8.77. The normalized spacial score (nSPS) is 11.8. The summed E-state index contributed by atoms with van der Waals surface area (Å²) < 4.78 is 17.0. The monoisotopic (exact) mass is 342 g/mol. The lowest BCUT2D eigenvalue weighted by Gasteiger charge is -2.20. The van der Waals surface area contributed by atoms with Crippen LogP contribution in [-0.4, -0.2) is 25.8 Å². The van der Waals surface area contributed by atoms with Crippen molar-refractivity contribution < 1.29 is 19.0 Å². The fourth-order valence-corrected chi connectivity index (χ4v) is 2.50. The second-order valence-electron chi connectivity index (χ2n) is 5.60. The van der Waals surface area contributed by atoms with Crippen LogP contribution >= 0.6 is 0 Å². The first-order chi connectivity index (χ1) is 12.2. The number of carbonyl (C=O) groups is 1. The fraction of sp³-hybridized carbons (Fsp3) is 0.381. The minimum atomic E-state index is -0.326. The maximum atomic E-state index is 11.5. The Hall–Kier alpha value is -2.33. The van der Waals surface area contributed by atoms with E-state index in [0.717, 1.165) is 17.7 Å². The van der Waals surface area contributed by atoms with Gasteiger partial charge >= 0.3 is 5.97 Å². The zero-order chi connectivity index (χ0) is 17.9. The van der Waals surface area contributed by atoms with Gasteiger partial charge in [0.25, 0.3) is 0 Å². The van der Waals surface area contributed by atoms with E-state index in [2.05, 4.69) is 12.1 Å². The molecule has 0 aliphatic heterocycles. The van der Waals surface area contributed by atoms with E-state index in [1.807, 2.05) is 49.4 Å². The summed E-state index contributed by atoms with van der Waals surface area (Å²) in [6.45, 7) is 5.01. The third-order valence-corrected chi connectivity index (χ3v) is 3.81. The average Bonchev–Trinajstić information content (AvgIpc) is 2.66. The molecule has 0 spiro atoms. The standard InChI is InChI=1S/C21H26O4/c1-3-21(22)25-16-20(23-4-2)18-12-8-9-13-19(18)24-15-14-17-10-6-5-7-11-17/h5-13,20H,3-4,14-16H2,1-2H3/t20-/m0/s1. The van der Waals surface area contributed by atoms with E-state index < -0.39 is 0 Å². The number of hydrogen-bond donors (Lipinski definition) is 0. The van der Waals surface area contributed by atoms with E-state index in [1.165, 1.54) is 5.56 Å². The second kappa shape index (κ2) is 10.5. The van der Waals surface area contributed by atoms with Crippen LogP contribution in [0.25, 0.3) is 0 Å². The van der Waals surface area contributed by atoms with Crippen molar-refractivity contribution in [2.45, 2.75) is 32.8 Å². The molecule has 0 aromatic heterocycles. The van der Waals surface area contributed by atoms with Crippen LogP contribution in [0.3, 0.4) is 0 Å². The number of para-hydroxylation sites is 1. The molecule has 0 radical (unpaired) electrons. The Morgan fingerprint density at radius 3 is 2.44 bits per heavy atom. The highest BCUT2D eigenvalue weighted by Gasteiger charge is 2.18. The molecule has 0 aliphatic rings. The Labute approximate surface area is 149 Å². The number of ether oxygens (including phenoxy) is 3. The molecule has 2 aromatic rings. The van der Waals surface area contributed by atoms with Crippen LogP contribution in [-0.2, 0) is 20.7 Å². The third kappa shape index (κ3) is 6.24. The molecule has 0 heterocycles. The summed E-state index contributed by atoms with van der Waals surface area (Å²) in [4.78, 5) is 11.5. The smallest absolute Gasteiger partial charge is 0.305 e. The fourth-order valence-electron chi connectivity index (χ4n) is 2.50. The van der Waals surface area contributed by atoms with E-state index in [1.54, 1.807) is 6.92 Å². The lowest BCUT2D eigenvalue weighted by molar-refractivity contribution is -0.147. The van der Waals surface area contributed by atoms with Gasteiger partial charge in [0.15, 0.2) is 0 Å². The van der Waals surface area contributed by atoms with Crippen molar-refractivity contribution in [3.63, 3.8) is 0 Å². The maximum Gasteiger partial charge on any atom is 0.305 e. The molecule has 0 aliphatic carbocycles. The van der Waals surface area contributed by atoms with Gasteiger partial charge in [-0.3, -0.25) is 4.79 Å². The van der Waals surface area contributed by atoms with Gasteiger partial charge in [-0.1, -0.05) is 55.5 Å². The summed E-state index contributed by atoms with van der Waals surface area (Å²) in [5.74, 6) is 0.539. The molecule has 0 saturated heterocycles. The molecule has 4 nitrogen and oxygen atoms in total. The molecule has 0 N–H and O–H groups in total. The van der Waals surface area contributed by atoms with Crippen LogP contribution in [0.15, 0.2) is 54.6 Å². The van der Waals surface area contributed by atoms with Crippen molar-refractivity contribution in [2.75, 3.05) is 19.8 Å². The molecule has 0 unspecified atom stereocenters. The molecular formula is C21H26O4. The molecule has 0 amide bonds. The molecule has 1 atom stereocenters. The second-order valence-corrected chi connectivity index (χ2v) is 5.60. The van der Waals surface area contributed by atoms with Gasteiger partial charge in [0, 0.05) is 25.0 Å². The molecule has 0 fully saturated rings. The van der Waals surface area contributed by atoms with Crippen molar-refractivity contribution in [1.82, 2.24) is 0 Å². The number of esters is 1. The first kappa shape index (κ1) is 19.0. The molecule has 0 bridgehead atoms. The van der Waals surface area contributed by atoms with Crippen LogP contribution < -0.4 is 4.74 Å². The van der Waals surface area contributed by atoms with Crippen LogP contribution in [0, 0.1) is 0 Å². The Balaban J connectivity index is 2.02. The summed E-state index contributed by atoms with van der Waals surface area (Å²) in [5.41, 5.74) is 2.14. The first-order valence-electron chi connectivity index (χ1n) is 8.77. The Bertz CT molecular complexity index is 639. The highest BCUT2D eigenvalue weighted by atomic mass is 16.6. The van der Waals surface area contributed by atoms with Crippen molar-refractivity contribution in [3.05, 3.63) is 65.7 Å². The Morgan fingerprint density at radius 1 is 1.00 bits per heavy atom. The van der Waals surface area contributed by atoms with Gasteiger partial charge in [0.2, 0.25) is 0 Å². The van der Waals surface area contributed by atoms with E-state index in [0.29, 0.717) is 19.6 Å². The summed E-state index contributed by atoms with van der Waals surface area (Å²) in [5, 5.41) is 0. The van der Waals surface area contributed by atoms with Crippen LogP contribution in [0.1, 0.15) is 37.5 Å². The van der Waals surface area contributed by atoms with E-state index in [-0.39, 0.29) is 18.7 Å². The lowest BCUT2D eigenvalue weighted by Crippen LogP contribution is -2.16. The predicted octanol–water partition coefficient (Wildman–Crippen LogP) is 4.34. The van der Waals surface area contributed by atoms with Crippen molar-refractivity contribution in [3.8, 4) is 5.75 Å². The zero-order valence-electron chi connectivity index (χ0n) is 14.9. The largest absolute Gasteiger partial charge is 0.493 e. The van der Waals surface area contributed by atoms with Crippen LogP contribution in [0.5, 0.6) is 5.75 Å². The Kier molecular flexibility index (Phi) is 7.99. The lowest BCUT2D eigenvalue weighted by atomic mass is 10.1. The predicted molar refractivity (Wildman–Crippen MR) is 97.7 cm³/mol. The molecule has 134 valence electrons. The number of benzene rings is 2. The van der Waals surface area contributed by atoms with Gasteiger partial charge in [-0.05, 0) is 18.6 Å². The van der Waals surface area contributed by atoms with Crippen LogP contribution in [0.2, 0.25) is 0 Å². The quantitative estimate of drug-likeness (QED) is 0.603. The average molecular weight is 342 g/mol. The summed E-state index contributed by atoms with van der Waals surface area (Å²) >= 11 is 0. The van der Waals surface area contributed by atoms with Gasteiger partial charge in [-0.25, -0.2) is 0 Å². The maximum absolute atomic E-state index is 11.5. The van der Waals surface area contributed by atoms with Crippen LogP contribution in [0.4, 0.5) is 0 Å². The molecule has 2 rings (SSSR count). The van der Waals surface area contributed by atoms with Gasteiger partial charge in [0.1, 0.15) is 18.5 Å². The minimum Gasteiger partial charge on any atom is -0.493 e. The number of hydrogen-bond acceptors (Lipinski definition) is 4. The van der Waals surface area contributed by atoms with Gasteiger partial charge in [-0.2, -0.15) is 0 Å². The van der Waals surface area contributed by atoms with Crippen molar-refractivity contribution in [2.24, 2.45) is 0 Å². The zero-order valence-corrected chi connectivity index (χ0v) is 14.9. The molecule has 25 heavy (non-hydrogen) atoms. The molecular weight excluding hydrogens is 316 g/mol. The molecule has 4 heteroatoms. The van der Waals surface area contributed by atoms with E-state index >= 15 is 0 Å². The topological polar surface area (TPSA) is 44.8 Å². The summed E-state index contributed by atoms with van der Waals surface area (Å²) in [7, 11) is 0. The van der Waals surface area contributed by atoms with Gasteiger partial charge in [-0.15, -0.1) is 0 Å². The SMILES string of the molecule is CCO[C@@H](COC(=O)CC)c1ccccc1OCCc1ccccc1. The third-order valence-electron chi connectivity index (χ3n) is 3.81. The molecule has 2 aromatic carbocycles.